The average molecular weight is 242 g/mol. The standard InChI is InChI=1S/C11H18N2O4/c1-11(2,3)17-10(14)12-6-4-7-15-9-5-8-16-13-9/h5,8H,4,6-7H2,1-3H3,(H,12,14). The SMILES string of the molecule is CC(C)(C)OC(=O)NCCCOc1ccon1. The van der Waals surface area contributed by atoms with E-state index in [0.717, 1.165) is 0 Å². The average Bonchev–Trinajstić information content (AvgIpc) is 2.67. The maximum Gasteiger partial charge on any atom is 0.407 e. The lowest BCUT2D eigenvalue weighted by Gasteiger charge is -2.19. The molecule has 1 heterocycles. The Kier molecular flexibility index (Phi) is 4.81. The van der Waals surface area contributed by atoms with E-state index in [1.54, 1.807) is 6.07 Å². The number of carbonyl (C=O) groups is 1. The first kappa shape index (κ1) is 13.3. The predicted octanol–water partition coefficient (Wildman–Crippen LogP) is 1.97. The van der Waals surface area contributed by atoms with Gasteiger partial charge in [0.15, 0.2) is 0 Å². The van der Waals surface area contributed by atoms with E-state index in [0.29, 0.717) is 25.5 Å². The van der Waals surface area contributed by atoms with Gasteiger partial charge in [0.05, 0.1) is 6.61 Å². The Hall–Kier alpha value is -1.72. The third-order valence-corrected chi connectivity index (χ3v) is 1.65. The Morgan fingerprint density at radius 1 is 1.53 bits per heavy atom. The molecule has 0 aliphatic rings. The summed E-state index contributed by atoms with van der Waals surface area (Å²) >= 11 is 0. The maximum atomic E-state index is 11.2. The summed E-state index contributed by atoms with van der Waals surface area (Å²) in [5, 5.41) is 6.22. The molecule has 6 nitrogen and oxygen atoms in total. The molecule has 1 amide bonds. The van der Waals surface area contributed by atoms with Gasteiger partial charge in [-0.05, 0) is 32.3 Å². The zero-order chi connectivity index (χ0) is 12.7. The van der Waals surface area contributed by atoms with Crippen molar-refractivity contribution in [1.29, 1.82) is 0 Å². The van der Waals surface area contributed by atoms with Crippen molar-refractivity contribution in [2.24, 2.45) is 0 Å². The maximum absolute atomic E-state index is 11.2. The second-order valence-electron chi connectivity index (χ2n) is 4.47. The van der Waals surface area contributed by atoms with Crippen LogP contribution >= 0.6 is 0 Å². The lowest BCUT2D eigenvalue weighted by molar-refractivity contribution is 0.0525. The molecule has 0 bridgehead atoms. The van der Waals surface area contributed by atoms with Crippen molar-refractivity contribution in [3.05, 3.63) is 12.3 Å². The normalized spacial score (nSPS) is 11.0. The highest BCUT2D eigenvalue weighted by atomic mass is 16.6. The van der Waals surface area contributed by atoms with E-state index in [2.05, 4.69) is 15.0 Å². The van der Waals surface area contributed by atoms with Crippen LogP contribution in [0.2, 0.25) is 0 Å². The van der Waals surface area contributed by atoms with Crippen molar-refractivity contribution in [2.75, 3.05) is 13.2 Å². The molecule has 0 atom stereocenters. The van der Waals surface area contributed by atoms with Crippen LogP contribution in [0.15, 0.2) is 16.9 Å². The number of alkyl carbamates (subject to hydrolysis) is 1. The summed E-state index contributed by atoms with van der Waals surface area (Å²) < 4.78 is 14.9. The molecule has 0 radical (unpaired) electrons. The van der Waals surface area contributed by atoms with E-state index in [9.17, 15) is 4.79 Å². The largest absolute Gasteiger partial charge is 0.475 e. The Bertz CT molecular complexity index is 330. The van der Waals surface area contributed by atoms with Gasteiger partial charge in [-0.2, -0.15) is 0 Å². The number of amides is 1. The molecule has 96 valence electrons. The highest BCUT2D eigenvalue weighted by Gasteiger charge is 2.15. The van der Waals surface area contributed by atoms with Crippen LogP contribution in [0.1, 0.15) is 27.2 Å². The Labute approximate surface area is 100 Å². The third-order valence-electron chi connectivity index (χ3n) is 1.65. The van der Waals surface area contributed by atoms with Crippen LogP contribution in [0.3, 0.4) is 0 Å². The molecule has 0 aliphatic heterocycles. The van der Waals surface area contributed by atoms with Gasteiger partial charge in [-0.3, -0.25) is 0 Å². The predicted molar refractivity (Wildman–Crippen MR) is 60.9 cm³/mol. The molecular weight excluding hydrogens is 224 g/mol. The van der Waals surface area contributed by atoms with E-state index < -0.39 is 11.7 Å². The van der Waals surface area contributed by atoms with E-state index in [1.165, 1.54) is 6.26 Å². The minimum atomic E-state index is -0.471. The van der Waals surface area contributed by atoms with Gasteiger partial charge in [0.1, 0.15) is 11.9 Å². The van der Waals surface area contributed by atoms with Crippen molar-refractivity contribution < 1.29 is 18.8 Å². The van der Waals surface area contributed by atoms with Crippen LogP contribution in [0, 0.1) is 0 Å². The molecule has 17 heavy (non-hydrogen) atoms. The summed E-state index contributed by atoms with van der Waals surface area (Å²) in [6, 6.07) is 1.63. The zero-order valence-electron chi connectivity index (χ0n) is 10.4. The van der Waals surface area contributed by atoms with E-state index in [1.807, 2.05) is 20.8 Å². The monoisotopic (exact) mass is 242 g/mol. The summed E-state index contributed by atoms with van der Waals surface area (Å²) in [7, 11) is 0. The number of rotatable bonds is 5. The minimum Gasteiger partial charge on any atom is -0.475 e. The molecule has 0 fully saturated rings. The van der Waals surface area contributed by atoms with Crippen molar-refractivity contribution >= 4 is 6.09 Å². The van der Waals surface area contributed by atoms with Crippen LogP contribution in [0.4, 0.5) is 4.79 Å². The number of hydrogen-bond acceptors (Lipinski definition) is 5. The highest BCUT2D eigenvalue weighted by molar-refractivity contribution is 5.67. The van der Waals surface area contributed by atoms with E-state index >= 15 is 0 Å². The summed E-state index contributed by atoms with van der Waals surface area (Å²) in [6.45, 7) is 6.41. The van der Waals surface area contributed by atoms with Crippen molar-refractivity contribution in [1.82, 2.24) is 10.5 Å². The van der Waals surface area contributed by atoms with Crippen LogP contribution in [0.5, 0.6) is 5.88 Å². The topological polar surface area (TPSA) is 73.6 Å². The first-order valence-electron chi connectivity index (χ1n) is 5.47. The smallest absolute Gasteiger partial charge is 0.407 e. The number of hydrogen-bond donors (Lipinski definition) is 1. The van der Waals surface area contributed by atoms with E-state index in [4.69, 9.17) is 9.47 Å². The summed E-state index contributed by atoms with van der Waals surface area (Å²) in [5.74, 6) is 0.447. The molecule has 0 saturated heterocycles. The fourth-order valence-electron chi connectivity index (χ4n) is 1.03. The quantitative estimate of drug-likeness (QED) is 0.799. The van der Waals surface area contributed by atoms with Gasteiger partial charge in [-0.15, -0.1) is 0 Å². The number of nitrogens with zero attached hydrogens (tertiary/aromatic N) is 1. The Morgan fingerprint density at radius 2 is 2.29 bits per heavy atom. The van der Waals surface area contributed by atoms with Gasteiger partial charge in [0, 0.05) is 12.6 Å². The van der Waals surface area contributed by atoms with Gasteiger partial charge >= 0.3 is 6.09 Å². The van der Waals surface area contributed by atoms with Gasteiger partial charge in [-0.25, -0.2) is 4.79 Å². The Balaban J connectivity index is 2.02. The molecule has 0 unspecified atom stereocenters. The van der Waals surface area contributed by atoms with Gasteiger partial charge in [0.25, 0.3) is 5.88 Å². The van der Waals surface area contributed by atoms with Gasteiger partial charge in [0.2, 0.25) is 0 Å². The molecule has 0 spiro atoms. The second-order valence-corrected chi connectivity index (χ2v) is 4.47. The minimum absolute atomic E-state index is 0.418. The number of carbonyl (C=O) groups excluding carboxylic acids is 1. The van der Waals surface area contributed by atoms with Crippen molar-refractivity contribution in [2.45, 2.75) is 32.8 Å². The second kappa shape index (κ2) is 6.12. The molecule has 1 N–H and O–H groups in total. The fraction of sp³-hybridized carbons (Fsp3) is 0.636. The first-order chi connectivity index (χ1) is 7.97. The van der Waals surface area contributed by atoms with Crippen LogP contribution in [-0.2, 0) is 4.74 Å². The lowest BCUT2D eigenvalue weighted by Crippen LogP contribution is -2.33. The third kappa shape index (κ3) is 6.44. The molecule has 1 rings (SSSR count). The zero-order valence-corrected chi connectivity index (χ0v) is 10.4. The molecule has 0 aliphatic carbocycles. The Morgan fingerprint density at radius 3 is 2.88 bits per heavy atom. The van der Waals surface area contributed by atoms with Crippen molar-refractivity contribution in [3.8, 4) is 5.88 Å². The first-order valence-corrected chi connectivity index (χ1v) is 5.47. The molecule has 0 saturated carbocycles. The van der Waals surface area contributed by atoms with E-state index in [-0.39, 0.29) is 0 Å². The fourth-order valence-corrected chi connectivity index (χ4v) is 1.03. The molecule has 0 aromatic carbocycles. The molecule has 6 heteroatoms. The van der Waals surface area contributed by atoms with Gasteiger partial charge in [-0.1, -0.05) is 0 Å². The number of ether oxygens (including phenoxy) is 2. The molecule has 1 aromatic heterocycles. The van der Waals surface area contributed by atoms with Crippen LogP contribution in [0.25, 0.3) is 0 Å². The molecular formula is C11H18N2O4. The van der Waals surface area contributed by atoms with Crippen LogP contribution in [-0.4, -0.2) is 30.0 Å². The summed E-state index contributed by atoms with van der Waals surface area (Å²) in [4.78, 5) is 11.2. The summed E-state index contributed by atoms with van der Waals surface area (Å²) in [5.41, 5.74) is -0.471. The van der Waals surface area contributed by atoms with Crippen LogP contribution < -0.4 is 10.1 Å². The summed E-state index contributed by atoms with van der Waals surface area (Å²) in [6.07, 6.45) is 1.69. The number of nitrogens with one attached hydrogen (secondary N) is 1. The lowest BCUT2D eigenvalue weighted by atomic mass is 10.2. The van der Waals surface area contributed by atoms with Gasteiger partial charge < -0.3 is 19.3 Å². The molecule has 1 aromatic rings. The van der Waals surface area contributed by atoms with Crippen molar-refractivity contribution in [3.63, 3.8) is 0 Å². The highest BCUT2D eigenvalue weighted by Crippen LogP contribution is 2.06. The number of aromatic nitrogens is 1.